The van der Waals surface area contributed by atoms with E-state index in [1.165, 1.54) is 102 Å². The zero-order valence-corrected chi connectivity index (χ0v) is 25.3. The lowest BCUT2D eigenvalue weighted by molar-refractivity contribution is 0.293. The van der Waals surface area contributed by atoms with Crippen molar-refractivity contribution in [3.8, 4) is 0 Å². The van der Waals surface area contributed by atoms with E-state index in [1.807, 2.05) is 43.3 Å². The lowest BCUT2D eigenvalue weighted by Gasteiger charge is -2.30. The van der Waals surface area contributed by atoms with Crippen LogP contribution in [0.3, 0.4) is 0 Å². The number of amidine groups is 1. The summed E-state index contributed by atoms with van der Waals surface area (Å²) in [7, 11) is 3.99. The predicted molar refractivity (Wildman–Crippen MR) is 174 cm³/mol. The van der Waals surface area contributed by atoms with Crippen molar-refractivity contribution in [1.82, 2.24) is 15.5 Å². The maximum absolute atomic E-state index is 6.19. The lowest BCUT2D eigenvalue weighted by Crippen LogP contribution is -2.35. The zero-order chi connectivity index (χ0) is 28.4. The quantitative estimate of drug-likeness (QED) is 0.0783. The van der Waals surface area contributed by atoms with Crippen molar-refractivity contribution >= 4 is 11.5 Å². The summed E-state index contributed by atoms with van der Waals surface area (Å²) in [5, 5.41) is 7.30. The second-order valence-corrected chi connectivity index (χ2v) is 11.8. The van der Waals surface area contributed by atoms with Crippen molar-refractivity contribution in [3.63, 3.8) is 0 Å². The van der Waals surface area contributed by atoms with Gasteiger partial charge in [-0.3, -0.25) is 0 Å². The lowest BCUT2D eigenvalue weighted by atomic mass is 9.86. The molecule has 1 saturated carbocycles. The number of nitrogens with one attached hydrogen (secondary N) is 2. The molecule has 1 aliphatic rings. The topological polar surface area (TPSA) is 65.7 Å². The number of para-hydroxylation sites is 1. The smallest absolute Gasteiger partial charge is 0.139 e. The summed E-state index contributed by atoms with van der Waals surface area (Å²) in [6.45, 7) is 6.52. The van der Waals surface area contributed by atoms with Gasteiger partial charge in [-0.2, -0.15) is 0 Å². The Morgan fingerprint density at radius 1 is 0.825 bits per heavy atom. The van der Waals surface area contributed by atoms with E-state index < -0.39 is 0 Å². The number of nitrogens with zero attached hydrogens (tertiary/aromatic N) is 2. The molecule has 40 heavy (non-hydrogen) atoms. The largest absolute Gasteiger partial charge is 0.398 e. The van der Waals surface area contributed by atoms with Crippen molar-refractivity contribution in [1.29, 1.82) is 0 Å². The van der Waals surface area contributed by atoms with Crippen LogP contribution in [-0.4, -0.2) is 44.0 Å². The second kappa shape index (κ2) is 18.5. The minimum atomic E-state index is 0.452. The van der Waals surface area contributed by atoms with Crippen molar-refractivity contribution in [2.45, 2.75) is 95.9 Å². The second-order valence-electron chi connectivity index (χ2n) is 11.8. The molecule has 1 aliphatic carbocycles. The average molecular weight is 546 g/mol. The fourth-order valence-electron chi connectivity index (χ4n) is 5.78. The number of anilines is 1. The van der Waals surface area contributed by atoms with Crippen LogP contribution in [0.2, 0.25) is 0 Å². The molecule has 0 unspecified atom stereocenters. The number of aryl methyl sites for hydroxylation is 1. The van der Waals surface area contributed by atoms with Gasteiger partial charge in [-0.05, 0) is 81.6 Å². The van der Waals surface area contributed by atoms with Crippen molar-refractivity contribution in [3.05, 3.63) is 78.1 Å². The Labute approximate surface area is 244 Å². The Morgan fingerprint density at radius 3 is 2.08 bits per heavy atom. The Kier molecular flexibility index (Phi) is 14.7. The summed E-state index contributed by atoms with van der Waals surface area (Å²) in [6, 6.07) is 19.2. The highest BCUT2D eigenvalue weighted by atomic mass is 15.2. The summed E-state index contributed by atoms with van der Waals surface area (Å²) in [5.74, 6) is 2.35. The first-order valence-corrected chi connectivity index (χ1v) is 15.8. The van der Waals surface area contributed by atoms with E-state index in [-0.39, 0.29) is 0 Å². The molecule has 0 amide bonds. The van der Waals surface area contributed by atoms with Crippen LogP contribution >= 0.6 is 0 Å². The first kappa shape index (κ1) is 31.7. The molecule has 0 atom stereocenters. The van der Waals surface area contributed by atoms with E-state index >= 15 is 0 Å². The van der Waals surface area contributed by atoms with E-state index in [4.69, 9.17) is 10.7 Å². The number of hydrogen-bond donors (Lipinski definition) is 3. The van der Waals surface area contributed by atoms with Gasteiger partial charge in [0.15, 0.2) is 0 Å². The molecule has 0 aliphatic heterocycles. The molecule has 0 saturated heterocycles. The van der Waals surface area contributed by atoms with Gasteiger partial charge in [0.2, 0.25) is 0 Å². The van der Waals surface area contributed by atoms with E-state index in [0.29, 0.717) is 6.04 Å². The van der Waals surface area contributed by atoms with Gasteiger partial charge in [-0.25, -0.2) is 4.99 Å². The van der Waals surface area contributed by atoms with Gasteiger partial charge in [0, 0.05) is 31.4 Å². The van der Waals surface area contributed by atoms with Crippen LogP contribution in [0.15, 0.2) is 72.0 Å². The fourth-order valence-corrected chi connectivity index (χ4v) is 5.78. The maximum Gasteiger partial charge on any atom is 0.139 e. The standard InChI is InChI=1S/C35H55N5/c1-29(39-35(40(2)3)33-21-15-16-22-34(33)36)38-32-25-23-31(24-26-32)28-37-27-17-10-8-6-4-5-7-9-12-18-30-19-13-11-14-20-30/h11,13-16,19-22,31-32,37-38H,1,4-10,12,17-18,23-28,36H2,2-3H3. The molecular formula is C35H55N5. The molecule has 1 fully saturated rings. The summed E-state index contributed by atoms with van der Waals surface area (Å²) >= 11 is 0. The summed E-state index contributed by atoms with van der Waals surface area (Å²) in [5.41, 5.74) is 9.35. The third kappa shape index (κ3) is 12.2. The van der Waals surface area contributed by atoms with Crippen LogP contribution in [0.1, 0.15) is 94.6 Å². The van der Waals surface area contributed by atoms with E-state index in [0.717, 1.165) is 35.4 Å². The van der Waals surface area contributed by atoms with Gasteiger partial charge < -0.3 is 21.3 Å². The van der Waals surface area contributed by atoms with E-state index in [9.17, 15) is 0 Å². The first-order chi connectivity index (χ1) is 19.5. The van der Waals surface area contributed by atoms with Crippen LogP contribution in [-0.2, 0) is 6.42 Å². The number of nitrogens with two attached hydrogens (primary N) is 1. The fraction of sp³-hybridized carbons (Fsp3) is 0.571. The number of aliphatic imine (C=N–C) groups is 1. The Hall–Kier alpha value is -2.79. The molecule has 3 rings (SSSR count). The Bertz CT molecular complexity index is 992. The van der Waals surface area contributed by atoms with Crippen LogP contribution in [0.4, 0.5) is 5.69 Å². The van der Waals surface area contributed by atoms with Crippen molar-refractivity contribution < 1.29 is 0 Å². The number of hydrogen-bond acceptors (Lipinski definition) is 4. The van der Waals surface area contributed by atoms with Crippen LogP contribution in [0.25, 0.3) is 0 Å². The molecule has 220 valence electrons. The van der Waals surface area contributed by atoms with Gasteiger partial charge in [0.25, 0.3) is 0 Å². The minimum absolute atomic E-state index is 0.452. The summed E-state index contributed by atoms with van der Waals surface area (Å²) < 4.78 is 0. The zero-order valence-electron chi connectivity index (χ0n) is 25.3. The highest BCUT2D eigenvalue weighted by molar-refractivity contribution is 6.03. The number of unbranched alkanes of at least 4 members (excludes halogenated alkanes) is 8. The molecule has 4 N–H and O–H groups in total. The highest BCUT2D eigenvalue weighted by Gasteiger charge is 2.21. The first-order valence-electron chi connectivity index (χ1n) is 15.8. The molecule has 2 aromatic rings. The average Bonchev–Trinajstić information content (AvgIpc) is 2.96. The SMILES string of the molecule is C=C(N=C(c1ccccc1N)N(C)C)NC1CCC(CNCCCCCCCCCCCc2ccccc2)CC1. The minimum Gasteiger partial charge on any atom is -0.398 e. The summed E-state index contributed by atoms with van der Waals surface area (Å²) in [4.78, 5) is 6.78. The van der Waals surface area contributed by atoms with E-state index in [2.05, 4.69) is 47.5 Å². The van der Waals surface area contributed by atoms with E-state index in [1.54, 1.807) is 0 Å². The number of rotatable bonds is 18. The molecule has 0 aromatic heterocycles. The Balaban J connectivity index is 1.16. The van der Waals surface area contributed by atoms with Crippen molar-refractivity contribution in [2.24, 2.45) is 10.9 Å². The van der Waals surface area contributed by atoms with Gasteiger partial charge in [0.1, 0.15) is 11.7 Å². The van der Waals surface area contributed by atoms with Crippen LogP contribution in [0.5, 0.6) is 0 Å². The predicted octanol–water partition coefficient (Wildman–Crippen LogP) is 7.54. The van der Waals surface area contributed by atoms with Crippen LogP contribution in [0, 0.1) is 5.92 Å². The molecule has 5 nitrogen and oxygen atoms in total. The Morgan fingerprint density at radius 2 is 1.43 bits per heavy atom. The molecule has 5 heteroatoms. The molecule has 0 spiro atoms. The van der Waals surface area contributed by atoms with Gasteiger partial charge >= 0.3 is 0 Å². The normalized spacial score (nSPS) is 17.5. The molecule has 0 heterocycles. The highest BCUT2D eigenvalue weighted by Crippen LogP contribution is 2.25. The molecule has 0 bridgehead atoms. The third-order valence-electron chi connectivity index (χ3n) is 8.18. The number of benzene rings is 2. The maximum atomic E-state index is 6.19. The van der Waals surface area contributed by atoms with Gasteiger partial charge in [-0.1, -0.05) is 94.0 Å². The van der Waals surface area contributed by atoms with Crippen molar-refractivity contribution in [2.75, 3.05) is 32.9 Å². The number of nitrogen functional groups attached to an aromatic ring is 1. The van der Waals surface area contributed by atoms with Gasteiger partial charge in [0.05, 0.1) is 0 Å². The molecular weight excluding hydrogens is 490 g/mol. The molecule has 0 radical (unpaired) electrons. The third-order valence-corrected chi connectivity index (χ3v) is 8.18. The summed E-state index contributed by atoms with van der Waals surface area (Å²) in [6.07, 6.45) is 18.5. The monoisotopic (exact) mass is 545 g/mol. The van der Waals surface area contributed by atoms with Crippen LogP contribution < -0.4 is 16.4 Å². The van der Waals surface area contributed by atoms with Gasteiger partial charge in [-0.15, -0.1) is 0 Å². The molecule has 2 aromatic carbocycles.